The molecule has 7 nitrogen and oxygen atoms in total. The molecule has 2 amide bonds. The molecule has 4 rings (SSSR count). The van der Waals surface area contributed by atoms with Crippen LogP contribution in [0.4, 0.5) is 5.82 Å². The number of nitrogens with zero attached hydrogens (tertiary/aromatic N) is 4. The largest absolute Gasteiger partial charge is 0.353 e. The van der Waals surface area contributed by atoms with Crippen LogP contribution in [0, 0.1) is 6.92 Å². The highest BCUT2D eigenvalue weighted by atomic mass is 35.5. The smallest absolute Gasteiger partial charge is 0.253 e. The van der Waals surface area contributed by atoms with Crippen molar-refractivity contribution >= 4 is 40.8 Å². The van der Waals surface area contributed by atoms with Crippen molar-refractivity contribution in [3.05, 3.63) is 76.0 Å². The van der Waals surface area contributed by atoms with Gasteiger partial charge in [0.05, 0.1) is 22.8 Å². The van der Waals surface area contributed by atoms with E-state index in [1.165, 1.54) is 12.1 Å². The number of aromatic nitrogens is 2. The highest BCUT2D eigenvalue weighted by Gasteiger charge is 2.23. The molecule has 1 aliphatic heterocycles. The van der Waals surface area contributed by atoms with E-state index in [-0.39, 0.29) is 23.0 Å². The van der Waals surface area contributed by atoms with Crippen molar-refractivity contribution in [3.63, 3.8) is 0 Å². The summed E-state index contributed by atoms with van der Waals surface area (Å²) in [4.78, 5) is 38.0. The number of hydrogen-bond donors (Lipinski definition) is 1. The first-order valence-corrected chi connectivity index (χ1v) is 11.3. The maximum atomic E-state index is 12.6. The Labute approximate surface area is 202 Å². The number of halogens is 2. The van der Waals surface area contributed by atoms with Crippen molar-refractivity contribution in [1.82, 2.24) is 20.2 Å². The summed E-state index contributed by atoms with van der Waals surface area (Å²) in [6, 6.07) is 16.6. The molecule has 3 aromatic rings. The van der Waals surface area contributed by atoms with Crippen LogP contribution in [-0.4, -0.2) is 59.4 Å². The number of carbonyl (C=O) groups excluding carboxylic acids is 2. The van der Waals surface area contributed by atoms with E-state index in [0.717, 1.165) is 17.1 Å². The predicted molar refractivity (Wildman–Crippen MR) is 130 cm³/mol. The van der Waals surface area contributed by atoms with Gasteiger partial charge in [-0.15, -0.1) is 0 Å². The van der Waals surface area contributed by atoms with Gasteiger partial charge in [-0.3, -0.25) is 9.59 Å². The number of nitrogens with one attached hydrogen (secondary N) is 1. The van der Waals surface area contributed by atoms with Gasteiger partial charge < -0.3 is 15.1 Å². The monoisotopic (exact) mass is 483 g/mol. The average Bonchev–Trinajstić information content (AvgIpc) is 2.82. The van der Waals surface area contributed by atoms with Crippen molar-refractivity contribution in [2.24, 2.45) is 0 Å². The fraction of sp³-hybridized carbons (Fsp3) is 0.250. The van der Waals surface area contributed by atoms with Gasteiger partial charge in [0.1, 0.15) is 11.6 Å². The molecule has 0 spiro atoms. The van der Waals surface area contributed by atoms with Crippen LogP contribution in [0.1, 0.15) is 16.2 Å². The van der Waals surface area contributed by atoms with Gasteiger partial charge in [0.25, 0.3) is 5.91 Å². The number of aryl methyl sites for hydroxylation is 1. The molecule has 2 aromatic carbocycles. The summed E-state index contributed by atoms with van der Waals surface area (Å²) in [5, 5.41) is 3.33. The summed E-state index contributed by atoms with van der Waals surface area (Å²) in [5.41, 5.74) is 2.20. The lowest BCUT2D eigenvalue weighted by molar-refractivity contribution is -0.130. The fourth-order valence-corrected chi connectivity index (χ4v) is 4.19. The zero-order chi connectivity index (χ0) is 23.4. The Bertz CT molecular complexity index is 1160. The molecule has 0 saturated carbocycles. The molecule has 9 heteroatoms. The summed E-state index contributed by atoms with van der Waals surface area (Å²) >= 11 is 11.9. The molecule has 1 N–H and O–H groups in total. The van der Waals surface area contributed by atoms with E-state index in [4.69, 9.17) is 23.2 Å². The first-order chi connectivity index (χ1) is 15.9. The van der Waals surface area contributed by atoms with Gasteiger partial charge in [-0.25, -0.2) is 9.97 Å². The van der Waals surface area contributed by atoms with Crippen molar-refractivity contribution in [2.45, 2.75) is 6.92 Å². The van der Waals surface area contributed by atoms with E-state index in [0.29, 0.717) is 37.0 Å². The minimum atomic E-state index is -0.409. The standard InChI is InChI=1S/C24H23Cl2N5O2/c1-16-28-21(17-5-3-2-4-6-17)14-22(29-16)30-9-11-31(12-10-30)23(32)15-27-24(33)19-8-7-18(25)13-20(19)26/h2-8,13-14H,9-12,15H2,1H3,(H,27,33). The van der Waals surface area contributed by atoms with Crippen LogP contribution in [0.25, 0.3) is 11.3 Å². The molecule has 2 heterocycles. The van der Waals surface area contributed by atoms with Crippen LogP contribution >= 0.6 is 23.2 Å². The van der Waals surface area contributed by atoms with Crippen LogP contribution in [0.15, 0.2) is 54.6 Å². The molecule has 1 aliphatic rings. The quantitative estimate of drug-likeness (QED) is 0.596. The number of anilines is 1. The Kier molecular flexibility index (Phi) is 7.11. The molecule has 33 heavy (non-hydrogen) atoms. The lowest BCUT2D eigenvalue weighted by Crippen LogP contribution is -2.51. The molecule has 0 atom stereocenters. The van der Waals surface area contributed by atoms with E-state index >= 15 is 0 Å². The highest BCUT2D eigenvalue weighted by molar-refractivity contribution is 6.36. The normalized spacial score (nSPS) is 13.7. The first-order valence-electron chi connectivity index (χ1n) is 10.6. The highest BCUT2D eigenvalue weighted by Crippen LogP contribution is 2.23. The third kappa shape index (κ3) is 5.61. The Hall–Kier alpha value is -3.16. The van der Waals surface area contributed by atoms with Crippen molar-refractivity contribution in [3.8, 4) is 11.3 Å². The summed E-state index contributed by atoms with van der Waals surface area (Å²) in [7, 11) is 0. The SMILES string of the molecule is Cc1nc(-c2ccccc2)cc(N2CCN(C(=O)CNC(=O)c3ccc(Cl)cc3Cl)CC2)n1. The van der Waals surface area contributed by atoms with Crippen molar-refractivity contribution < 1.29 is 9.59 Å². The number of amides is 2. The molecule has 1 aromatic heterocycles. The van der Waals surface area contributed by atoms with Gasteiger partial charge in [-0.2, -0.15) is 0 Å². The van der Waals surface area contributed by atoms with E-state index in [2.05, 4.69) is 20.2 Å². The molecule has 170 valence electrons. The topological polar surface area (TPSA) is 78.4 Å². The van der Waals surface area contributed by atoms with Gasteiger partial charge in [-0.1, -0.05) is 53.5 Å². The van der Waals surface area contributed by atoms with Crippen molar-refractivity contribution in [2.75, 3.05) is 37.6 Å². The fourth-order valence-electron chi connectivity index (χ4n) is 3.69. The average molecular weight is 484 g/mol. The van der Waals surface area contributed by atoms with Gasteiger partial charge in [0.15, 0.2) is 0 Å². The number of carbonyl (C=O) groups is 2. The number of piperazine rings is 1. The Morgan fingerprint density at radius 1 is 0.970 bits per heavy atom. The lowest BCUT2D eigenvalue weighted by atomic mass is 10.1. The zero-order valence-corrected chi connectivity index (χ0v) is 19.6. The summed E-state index contributed by atoms with van der Waals surface area (Å²) in [5.74, 6) is 0.998. The van der Waals surface area contributed by atoms with E-state index in [9.17, 15) is 9.59 Å². The zero-order valence-electron chi connectivity index (χ0n) is 18.1. The third-order valence-electron chi connectivity index (χ3n) is 5.43. The second-order valence-electron chi connectivity index (χ2n) is 7.70. The minimum Gasteiger partial charge on any atom is -0.353 e. The number of hydrogen-bond acceptors (Lipinski definition) is 5. The molecule has 0 bridgehead atoms. The maximum Gasteiger partial charge on any atom is 0.253 e. The van der Waals surface area contributed by atoms with E-state index in [1.807, 2.05) is 43.3 Å². The lowest BCUT2D eigenvalue weighted by Gasteiger charge is -2.35. The second-order valence-corrected chi connectivity index (χ2v) is 8.54. The number of benzene rings is 2. The Morgan fingerprint density at radius 3 is 2.39 bits per heavy atom. The van der Waals surface area contributed by atoms with Gasteiger partial charge in [0, 0.05) is 42.8 Å². The molecule has 1 saturated heterocycles. The first kappa shape index (κ1) is 23.0. The molecule has 0 radical (unpaired) electrons. The van der Waals surface area contributed by atoms with E-state index in [1.54, 1.807) is 11.0 Å². The summed E-state index contributed by atoms with van der Waals surface area (Å²) in [6.45, 7) is 4.16. The van der Waals surface area contributed by atoms with Crippen LogP contribution in [0.3, 0.4) is 0 Å². The van der Waals surface area contributed by atoms with Crippen LogP contribution in [0.5, 0.6) is 0 Å². The van der Waals surface area contributed by atoms with Gasteiger partial charge >= 0.3 is 0 Å². The summed E-state index contributed by atoms with van der Waals surface area (Å²) in [6.07, 6.45) is 0. The summed E-state index contributed by atoms with van der Waals surface area (Å²) < 4.78 is 0. The maximum absolute atomic E-state index is 12.6. The molecule has 0 unspecified atom stereocenters. The molecule has 1 fully saturated rings. The third-order valence-corrected chi connectivity index (χ3v) is 5.97. The second kappa shape index (κ2) is 10.2. The van der Waals surface area contributed by atoms with Crippen LogP contribution < -0.4 is 10.2 Å². The van der Waals surface area contributed by atoms with Gasteiger partial charge in [-0.05, 0) is 25.1 Å². The molecular formula is C24H23Cl2N5O2. The Balaban J connectivity index is 1.34. The number of rotatable bonds is 5. The molecular weight excluding hydrogens is 461 g/mol. The predicted octanol–water partition coefficient (Wildman–Crippen LogP) is 3.84. The molecule has 0 aliphatic carbocycles. The Morgan fingerprint density at radius 2 is 1.70 bits per heavy atom. The van der Waals surface area contributed by atoms with Crippen molar-refractivity contribution in [1.29, 1.82) is 0 Å². The van der Waals surface area contributed by atoms with Gasteiger partial charge in [0.2, 0.25) is 5.91 Å². The van der Waals surface area contributed by atoms with Crippen LogP contribution in [0.2, 0.25) is 10.0 Å². The van der Waals surface area contributed by atoms with Crippen LogP contribution in [-0.2, 0) is 4.79 Å². The van der Waals surface area contributed by atoms with E-state index < -0.39 is 5.91 Å². The minimum absolute atomic E-state index is 0.0947.